The van der Waals surface area contributed by atoms with Crippen LogP contribution in [0, 0.1) is 13.8 Å². The first-order valence-electron chi connectivity index (χ1n) is 4.41. The second-order valence-corrected chi connectivity index (χ2v) is 3.11. The number of benzene rings is 1. The summed E-state index contributed by atoms with van der Waals surface area (Å²) in [6.07, 6.45) is -1.83. The van der Waals surface area contributed by atoms with Gasteiger partial charge in [-0.2, -0.15) is 0 Å². The number of aliphatic imine (C=N–C) groups is 1. The lowest BCUT2D eigenvalue weighted by atomic mass is 10.1. The highest BCUT2D eigenvalue weighted by Gasteiger charge is 1.95. The highest BCUT2D eigenvalue weighted by Crippen LogP contribution is 2.18. The molecule has 0 saturated heterocycles. The zero-order valence-corrected chi connectivity index (χ0v) is 9.14. The molecule has 0 spiro atoms. The maximum Gasteiger partial charge on any atom is 0.503 e. The summed E-state index contributed by atoms with van der Waals surface area (Å²) in [6, 6.07) is 5.93. The molecule has 0 heterocycles. The van der Waals surface area contributed by atoms with E-state index in [1.807, 2.05) is 32.0 Å². The van der Waals surface area contributed by atoms with Crippen LogP contribution in [0.15, 0.2) is 23.2 Å². The summed E-state index contributed by atoms with van der Waals surface area (Å²) in [6.45, 7) is 4.01. The number of hydrogen-bond donors (Lipinski definition) is 4. The summed E-state index contributed by atoms with van der Waals surface area (Å²) in [5.41, 5.74) is 13.6. The van der Waals surface area contributed by atoms with Gasteiger partial charge in [-0.05, 0) is 25.5 Å². The van der Waals surface area contributed by atoms with Gasteiger partial charge in [0.25, 0.3) is 0 Å². The van der Waals surface area contributed by atoms with E-state index in [1.165, 1.54) is 5.56 Å². The second kappa shape index (κ2) is 6.28. The minimum Gasteiger partial charge on any atom is -0.450 e. The number of nitrogens with two attached hydrogens (primary N) is 2. The van der Waals surface area contributed by atoms with Crippen molar-refractivity contribution in [2.75, 3.05) is 0 Å². The van der Waals surface area contributed by atoms with Crippen LogP contribution in [0.2, 0.25) is 0 Å². The molecule has 0 radical (unpaired) electrons. The predicted molar refractivity (Wildman–Crippen MR) is 62.0 cm³/mol. The van der Waals surface area contributed by atoms with E-state index in [4.69, 9.17) is 26.5 Å². The topological polar surface area (TPSA) is 122 Å². The largest absolute Gasteiger partial charge is 0.503 e. The number of carboxylic acid groups (broad SMARTS) is 2. The van der Waals surface area contributed by atoms with Crippen LogP contribution in [0.5, 0.6) is 0 Å². The molecule has 1 rings (SSSR count). The Labute approximate surface area is 93.2 Å². The molecule has 0 aromatic heterocycles. The first-order chi connectivity index (χ1) is 7.32. The molecule has 88 valence electrons. The number of guanidine groups is 1. The van der Waals surface area contributed by atoms with Crippen LogP contribution in [0.3, 0.4) is 0 Å². The number of aryl methyl sites for hydroxylation is 2. The van der Waals surface area contributed by atoms with Gasteiger partial charge in [0.2, 0.25) is 0 Å². The zero-order chi connectivity index (χ0) is 12.7. The third-order valence-corrected chi connectivity index (χ3v) is 1.60. The van der Waals surface area contributed by atoms with Gasteiger partial charge in [-0.3, -0.25) is 0 Å². The molecule has 1 aromatic rings. The highest BCUT2D eigenvalue weighted by atomic mass is 16.6. The van der Waals surface area contributed by atoms with Crippen molar-refractivity contribution in [1.29, 1.82) is 0 Å². The molecule has 6 nitrogen and oxygen atoms in total. The Morgan fingerprint density at radius 1 is 1.25 bits per heavy atom. The maximum atomic E-state index is 8.56. The Hall–Kier alpha value is -2.24. The van der Waals surface area contributed by atoms with Crippen molar-refractivity contribution in [2.24, 2.45) is 16.5 Å². The van der Waals surface area contributed by atoms with Crippen molar-refractivity contribution in [3.05, 3.63) is 29.3 Å². The average molecular weight is 225 g/mol. The van der Waals surface area contributed by atoms with Crippen molar-refractivity contribution in [1.82, 2.24) is 0 Å². The molecule has 1 aromatic carbocycles. The van der Waals surface area contributed by atoms with E-state index in [9.17, 15) is 0 Å². The fourth-order valence-electron chi connectivity index (χ4n) is 1.07. The normalized spacial score (nSPS) is 8.62. The predicted octanol–water partition coefficient (Wildman–Crippen LogP) is 1.43. The smallest absolute Gasteiger partial charge is 0.450 e. The van der Waals surface area contributed by atoms with Crippen LogP contribution >= 0.6 is 0 Å². The van der Waals surface area contributed by atoms with Gasteiger partial charge in [0.1, 0.15) is 0 Å². The summed E-state index contributed by atoms with van der Waals surface area (Å²) in [4.78, 5) is 12.5. The van der Waals surface area contributed by atoms with Crippen LogP contribution < -0.4 is 11.5 Å². The second-order valence-electron chi connectivity index (χ2n) is 3.11. The van der Waals surface area contributed by atoms with E-state index in [1.54, 1.807) is 0 Å². The van der Waals surface area contributed by atoms with Crippen LogP contribution in [0.4, 0.5) is 10.5 Å². The lowest BCUT2D eigenvalue weighted by molar-refractivity contribution is 0.137. The van der Waals surface area contributed by atoms with E-state index in [0.717, 1.165) is 11.3 Å². The Balaban J connectivity index is 0.000000487. The summed E-state index contributed by atoms with van der Waals surface area (Å²) in [7, 11) is 0. The molecule has 0 aliphatic heterocycles. The van der Waals surface area contributed by atoms with Gasteiger partial charge in [0.15, 0.2) is 5.96 Å². The Morgan fingerprint density at radius 3 is 2.12 bits per heavy atom. The standard InChI is InChI=1S/C9H13N3.CH2O3/c1-6-3-4-8(7(2)5-6)12-9(10)11;2-1(3)4/h3-5H,1-2H3,(H4,10,11,12);(H2,2,3,4). The average Bonchev–Trinajstić information content (AvgIpc) is 2.08. The molecule has 6 heteroatoms. The fourth-order valence-corrected chi connectivity index (χ4v) is 1.07. The van der Waals surface area contributed by atoms with Gasteiger partial charge >= 0.3 is 6.16 Å². The van der Waals surface area contributed by atoms with Crippen molar-refractivity contribution in [3.8, 4) is 0 Å². The monoisotopic (exact) mass is 225 g/mol. The van der Waals surface area contributed by atoms with Crippen molar-refractivity contribution in [3.63, 3.8) is 0 Å². The summed E-state index contributed by atoms with van der Waals surface area (Å²) < 4.78 is 0. The molecule has 0 bridgehead atoms. The molecule has 0 unspecified atom stereocenters. The number of carbonyl (C=O) groups is 1. The zero-order valence-electron chi connectivity index (χ0n) is 9.14. The Bertz CT molecular complexity index is 394. The molecule has 0 fully saturated rings. The first kappa shape index (κ1) is 13.8. The minimum atomic E-state index is -1.83. The lowest BCUT2D eigenvalue weighted by Crippen LogP contribution is -2.21. The molecule has 0 saturated carbocycles. The minimum absolute atomic E-state index is 0.0990. The van der Waals surface area contributed by atoms with Gasteiger partial charge in [-0.15, -0.1) is 0 Å². The summed E-state index contributed by atoms with van der Waals surface area (Å²) in [5.74, 6) is 0.0990. The molecule has 0 atom stereocenters. The van der Waals surface area contributed by atoms with Gasteiger partial charge < -0.3 is 21.7 Å². The number of nitrogens with zero attached hydrogens (tertiary/aromatic N) is 1. The van der Waals surface area contributed by atoms with Crippen molar-refractivity contribution in [2.45, 2.75) is 13.8 Å². The maximum absolute atomic E-state index is 8.56. The number of rotatable bonds is 1. The summed E-state index contributed by atoms with van der Waals surface area (Å²) in [5, 5.41) is 13.9. The number of hydrogen-bond acceptors (Lipinski definition) is 2. The van der Waals surface area contributed by atoms with Gasteiger partial charge in [-0.1, -0.05) is 17.7 Å². The van der Waals surface area contributed by atoms with Crippen LogP contribution in [-0.4, -0.2) is 22.3 Å². The molecule has 0 amide bonds. The Kier molecular flexibility index (Phi) is 5.40. The molecular weight excluding hydrogens is 210 g/mol. The van der Waals surface area contributed by atoms with E-state index in [0.29, 0.717) is 0 Å². The van der Waals surface area contributed by atoms with E-state index < -0.39 is 6.16 Å². The van der Waals surface area contributed by atoms with Crippen molar-refractivity contribution < 1.29 is 15.0 Å². The molecule has 6 N–H and O–H groups in total. The third-order valence-electron chi connectivity index (χ3n) is 1.60. The summed E-state index contributed by atoms with van der Waals surface area (Å²) >= 11 is 0. The van der Waals surface area contributed by atoms with Gasteiger partial charge in [0, 0.05) is 0 Å². The van der Waals surface area contributed by atoms with E-state index >= 15 is 0 Å². The molecule has 0 aliphatic rings. The van der Waals surface area contributed by atoms with E-state index in [-0.39, 0.29) is 5.96 Å². The molecular formula is C10H15N3O3. The Morgan fingerprint density at radius 2 is 1.75 bits per heavy atom. The van der Waals surface area contributed by atoms with Crippen molar-refractivity contribution >= 4 is 17.8 Å². The van der Waals surface area contributed by atoms with Crippen LogP contribution in [0.25, 0.3) is 0 Å². The van der Waals surface area contributed by atoms with E-state index in [2.05, 4.69) is 4.99 Å². The lowest BCUT2D eigenvalue weighted by Gasteiger charge is -2.01. The van der Waals surface area contributed by atoms with Gasteiger partial charge in [0.05, 0.1) is 5.69 Å². The molecule has 16 heavy (non-hydrogen) atoms. The van der Waals surface area contributed by atoms with Crippen LogP contribution in [-0.2, 0) is 0 Å². The fraction of sp³-hybridized carbons (Fsp3) is 0.200. The van der Waals surface area contributed by atoms with Gasteiger partial charge in [-0.25, -0.2) is 9.79 Å². The first-order valence-corrected chi connectivity index (χ1v) is 4.41. The SMILES string of the molecule is Cc1ccc(N=C(N)N)c(C)c1.O=C(O)O. The quantitative estimate of drug-likeness (QED) is 0.425. The highest BCUT2D eigenvalue weighted by molar-refractivity contribution is 5.79. The molecule has 0 aliphatic carbocycles. The third kappa shape index (κ3) is 6.25. The van der Waals surface area contributed by atoms with Crippen LogP contribution in [0.1, 0.15) is 11.1 Å².